The van der Waals surface area contributed by atoms with E-state index in [0.29, 0.717) is 11.6 Å². The van der Waals surface area contributed by atoms with Gasteiger partial charge in [-0.05, 0) is 42.8 Å². The summed E-state index contributed by atoms with van der Waals surface area (Å²) in [6, 6.07) is 13.0. The predicted molar refractivity (Wildman–Crippen MR) is 84.8 cm³/mol. The molecule has 0 bridgehead atoms. The second-order valence-corrected chi connectivity index (χ2v) is 4.93. The second-order valence-electron chi connectivity index (χ2n) is 4.49. The lowest BCUT2D eigenvalue weighted by atomic mass is 9.98. The van der Waals surface area contributed by atoms with E-state index in [-0.39, 0.29) is 6.04 Å². The van der Waals surface area contributed by atoms with Crippen molar-refractivity contribution in [3.05, 3.63) is 58.6 Å². The number of methoxy groups -OCH3 is 1. The molecule has 0 amide bonds. The third-order valence-corrected chi connectivity index (χ3v) is 3.41. The molecule has 3 N–H and O–H groups in total. The smallest absolute Gasteiger partial charge is 0.124 e. The standard InChI is InChI=1S/C16H19ClN2O2/c1-3-21-13-6-4-5-11(9-13)16(19-18)14-10-12(17)7-8-15(14)20-2/h4-10,16,19H,3,18H2,1-2H3. The highest BCUT2D eigenvalue weighted by atomic mass is 35.5. The average Bonchev–Trinajstić information content (AvgIpc) is 2.49. The summed E-state index contributed by atoms with van der Waals surface area (Å²) in [6.07, 6.45) is 0. The minimum absolute atomic E-state index is 0.237. The summed E-state index contributed by atoms with van der Waals surface area (Å²) < 4.78 is 10.9. The maximum Gasteiger partial charge on any atom is 0.124 e. The summed E-state index contributed by atoms with van der Waals surface area (Å²) in [5.74, 6) is 7.27. The van der Waals surface area contributed by atoms with E-state index in [4.69, 9.17) is 26.9 Å². The van der Waals surface area contributed by atoms with Gasteiger partial charge in [-0.3, -0.25) is 5.84 Å². The highest BCUT2D eigenvalue weighted by molar-refractivity contribution is 6.30. The van der Waals surface area contributed by atoms with E-state index in [1.54, 1.807) is 13.2 Å². The van der Waals surface area contributed by atoms with Gasteiger partial charge in [0.2, 0.25) is 0 Å². The van der Waals surface area contributed by atoms with Crippen LogP contribution in [0.2, 0.25) is 5.02 Å². The van der Waals surface area contributed by atoms with Gasteiger partial charge in [-0.1, -0.05) is 23.7 Å². The zero-order chi connectivity index (χ0) is 15.2. The van der Waals surface area contributed by atoms with Crippen molar-refractivity contribution in [3.8, 4) is 11.5 Å². The largest absolute Gasteiger partial charge is 0.496 e. The Morgan fingerprint density at radius 3 is 2.71 bits per heavy atom. The maximum absolute atomic E-state index is 6.09. The van der Waals surface area contributed by atoms with E-state index in [0.717, 1.165) is 22.6 Å². The van der Waals surface area contributed by atoms with Crippen LogP contribution in [0.15, 0.2) is 42.5 Å². The van der Waals surface area contributed by atoms with Gasteiger partial charge < -0.3 is 9.47 Å². The molecule has 0 aromatic heterocycles. The number of halogens is 1. The van der Waals surface area contributed by atoms with Gasteiger partial charge in [0.25, 0.3) is 0 Å². The van der Waals surface area contributed by atoms with Crippen molar-refractivity contribution < 1.29 is 9.47 Å². The first-order valence-corrected chi connectivity index (χ1v) is 7.09. The van der Waals surface area contributed by atoms with Crippen LogP contribution in [0.4, 0.5) is 0 Å². The zero-order valence-corrected chi connectivity index (χ0v) is 12.9. The zero-order valence-electron chi connectivity index (χ0n) is 12.1. The van der Waals surface area contributed by atoms with Crippen molar-refractivity contribution in [2.45, 2.75) is 13.0 Å². The first-order chi connectivity index (χ1) is 10.2. The van der Waals surface area contributed by atoms with Crippen LogP contribution < -0.4 is 20.7 Å². The summed E-state index contributed by atoms with van der Waals surface area (Å²) >= 11 is 6.09. The molecule has 0 fully saturated rings. The molecular weight excluding hydrogens is 288 g/mol. The van der Waals surface area contributed by atoms with E-state index >= 15 is 0 Å². The Kier molecular flexibility index (Phi) is 5.44. The lowest BCUT2D eigenvalue weighted by Gasteiger charge is -2.20. The Labute approximate surface area is 129 Å². The highest BCUT2D eigenvalue weighted by Gasteiger charge is 2.18. The molecule has 0 saturated heterocycles. The number of hydrogen-bond donors (Lipinski definition) is 2. The first-order valence-electron chi connectivity index (χ1n) is 6.72. The summed E-state index contributed by atoms with van der Waals surface area (Å²) in [6.45, 7) is 2.57. The van der Waals surface area contributed by atoms with Gasteiger partial charge in [0.15, 0.2) is 0 Å². The van der Waals surface area contributed by atoms with Gasteiger partial charge in [-0.15, -0.1) is 0 Å². The van der Waals surface area contributed by atoms with Crippen molar-refractivity contribution in [1.29, 1.82) is 0 Å². The van der Waals surface area contributed by atoms with Gasteiger partial charge in [-0.25, -0.2) is 5.43 Å². The minimum atomic E-state index is -0.237. The van der Waals surface area contributed by atoms with Crippen LogP contribution in [0.5, 0.6) is 11.5 Å². The van der Waals surface area contributed by atoms with Crippen molar-refractivity contribution in [1.82, 2.24) is 5.43 Å². The van der Waals surface area contributed by atoms with E-state index in [1.807, 2.05) is 43.3 Å². The van der Waals surface area contributed by atoms with Crippen molar-refractivity contribution in [3.63, 3.8) is 0 Å². The van der Waals surface area contributed by atoms with Gasteiger partial charge in [0.05, 0.1) is 19.8 Å². The van der Waals surface area contributed by atoms with Crippen LogP contribution in [0, 0.1) is 0 Å². The molecule has 21 heavy (non-hydrogen) atoms. The van der Waals surface area contributed by atoms with Crippen LogP contribution >= 0.6 is 11.6 Å². The predicted octanol–water partition coefficient (Wildman–Crippen LogP) is 3.30. The van der Waals surface area contributed by atoms with Gasteiger partial charge in [0, 0.05) is 10.6 Å². The summed E-state index contributed by atoms with van der Waals surface area (Å²) in [5, 5.41) is 0.631. The van der Waals surface area contributed by atoms with Crippen molar-refractivity contribution in [2.24, 2.45) is 5.84 Å². The van der Waals surface area contributed by atoms with E-state index in [1.165, 1.54) is 0 Å². The van der Waals surface area contributed by atoms with Crippen LogP contribution in [0.1, 0.15) is 24.1 Å². The van der Waals surface area contributed by atoms with Gasteiger partial charge in [0.1, 0.15) is 11.5 Å². The van der Waals surface area contributed by atoms with Crippen LogP contribution in [-0.4, -0.2) is 13.7 Å². The van der Waals surface area contributed by atoms with Crippen LogP contribution in [-0.2, 0) is 0 Å². The Hall–Kier alpha value is -1.75. The maximum atomic E-state index is 6.09. The van der Waals surface area contributed by atoms with Crippen LogP contribution in [0.3, 0.4) is 0 Å². The number of hydrazine groups is 1. The van der Waals surface area contributed by atoms with E-state index < -0.39 is 0 Å². The molecular formula is C16H19ClN2O2. The lowest BCUT2D eigenvalue weighted by molar-refractivity contribution is 0.339. The second kappa shape index (κ2) is 7.31. The highest BCUT2D eigenvalue weighted by Crippen LogP contribution is 2.33. The Morgan fingerprint density at radius 1 is 1.24 bits per heavy atom. The number of benzene rings is 2. The molecule has 0 radical (unpaired) electrons. The molecule has 0 saturated carbocycles. The van der Waals surface area contributed by atoms with Crippen LogP contribution in [0.25, 0.3) is 0 Å². The molecule has 0 aliphatic rings. The fourth-order valence-corrected chi connectivity index (χ4v) is 2.43. The van der Waals surface area contributed by atoms with Gasteiger partial charge >= 0.3 is 0 Å². The molecule has 4 nitrogen and oxygen atoms in total. The first kappa shape index (κ1) is 15.6. The molecule has 0 heterocycles. The number of rotatable bonds is 6. The molecule has 0 aliphatic heterocycles. The average molecular weight is 307 g/mol. The summed E-state index contributed by atoms with van der Waals surface area (Å²) in [5.41, 5.74) is 4.66. The molecule has 2 aromatic rings. The lowest BCUT2D eigenvalue weighted by Crippen LogP contribution is -2.29. The molecule has 1 atom stereocenters. The molecule has 2 aromatic carbocycles. The quantitative estimate of drug-likeness (QED) is 0.635. The summed E-state index contributed by atoms with van der Waals surface area (Å²) in [4.78, 5) is 0. The molecule has 112 valence electrons. The topological polar surface area (TPSA) is 56.5 Å². The number of hydrogen-bond acceptors (Lipinski definition) is 4. The molecule has 2 rings (SSSR count). The SMILES string of the molecule is CCOc1cccc(C(NN)c2cc(Cl)ccc2OC)c1. The van der Waals surface area contributed by atoms with Crippen molar-refractivity contribution in [2.75, 3.05) is 13.7 Å². The Bertz CT molecular complexity index is 605. The van der Waals surface area contributed by atoms with Gasteiger partial charge in [-0.2, -0.15) is 0 Å². The molecule has 0 aliphatic carbocycles. The van der Waals surface area contributed by atoms with Crippen molar-refractivity contribution >= 4 is 11.6 Å². The van der Waals surface area contributed by atoms with E-state index in [2.05, 4.69) is 5.43 Å². The molecule has 0 spiro atoms. The fourth-order valence-electron chi connectivity index (χ4n) is 2.25. The summed E-state index contributed by atoms with van der Waals surface area (Å²) in [7, 11) is 1.62. The number of ether oxygens (including phenoxy) is 2. The Balaban J connectivity index is 2.44. The molecule has 1 unspecified atom stereocenters. The third-order valence-electron chi connectivity index (χ3n) is 3.17. The molecule has 5 heteroatoms. The third kappa shape index (κ3) is 3.67. The minimum Gasteiger partial charge on any atom is -0.496 e. The normalized spacial score (nSPS) is 12.0. The Morgan fingerprint density at radius 2 is 2.05 bits per heavy atom. The number of nitrogens with two attached hydrogens (primary N) is 1. The number of nitrogens with one attached hydrogen (secondary N) is 1. The van der Waals surface area contributed by atoms with E-state index in [9.17, 15) is 0 Å². The fraction of sp³-hybridized carbons (Fsp3) is 0.250. The monoisotopic (exact) mass is 306 g/mol.